The van der Waals surface area contributed by atoms with Gasteiger partial charge >= 0.3 is 5.97 Å². The van der Waals surface area contributed by atoms with E-state index in [1.54, 1.807) is 6.08 Å². The smallest absolute Gasteiger partial charge is 0.330 e. The molecule has 5 heteroatoms. The van der Waals surface area contributed by atoms with Gasteiger partial charge in [-0.25, -0.2) is 4.79 Å². The van der Waals surface area contributed by atoms with Crippen LogP contribution in [0.5, 0.6) is 5.75 Å². The van der Waals surface area contributed by atoms with Crippen molar-refractivity contribution in [3.8, 4) is 5.75 Å². The third-order valence-electron chi connectivity index (χ3n) is 1.68. The van der Waals surface area contributed by atoms with Crippen molar-refractivity contribution < 1.29 is 14.3 Å². The molecule has 1 aromatic carbocycles. The molecule has 0 bridgehead atoms. The summed E-state index contributed by atoms with van der Waals surface area (Å²) in [5.74, 6) is 0.410. The number of carbonyl (C=O) groups excluding carboxylic acids is 1. The first-order chi connectivity index (χ1) is 7.63. The molecule has 0 unspecified atom stereocenters. The summed E-state index contributed by atoms with van der Waals surface area (Å²) in [5.41, 5.74) is 0. The van der Waals surface area contributed by atoms with Gasteiger partial charge in [0, 0.05) is 10.5 Å². The Kier molecular flexibility index (Phi) is 5.83. The quantitative estimate of drug-likeness (QED) is 0.445. The van der Waals surface area contributed by atoms with Crippen molar-refractivity contribution in [3.05, 3.63) is 38.4 Å². The number of ether oxygens (including phenoxy) is 2. The zero-order valence-electron chi connectivity index (χ0n) is 8.57. The van der Waals surface area contributed by atoms with Gasteiger partial charge < -0.3 is 9.47 Å². The van der Waals surface area contributed by atoms with Gasteiger partial charge in [-0.15, -0.1) is 0 Å². The minimum atomic E-state index is -0.380. The SMILES string of the molecule is COC(=O)/C=C/COc1ccc(Br)cc1I. The number of halogens is 2. The van der Waals surface area contributed by atoms with E-state index in [9.17, 15) is 4.79 Å². The van der Waals surface area contributed by atoms with Crippen molar-refractivity contribution in [3.63, 3.8) is 0 Å². The van der Waals surface area contributed by atoms with Gasteiger partial charge in [-0.2, -0.15) is 0 Å². The minimum absolute atomic E-state index is 0.340. The fourth-order valence-corrected chi connectivity index (χ4v) is 2.40. The van der Waals surface area contributed by atoms with Crippen molar-refractivity contribution in [2.75, 3.05) is 13.7 Å². The monoisotopic (exact) mass is 396 g/mol. The first-order valence-electron chi connectivity index (χ1n) is 4.46. The van der Waals surface area contributed by atoms with Crippen LogP contribution in [-0.4, -0.2) is 19.7 Å². The molecule has 0 saturated carbocycles. The Morgan fingerprint density at radius 2 is 2.31 bits per heavy atom. The predicted octanol–water partition coefficient (Wildman–Crippen LogP) is 3.16. The van der Waals surface area contributed by atoms with E-state index in [0.717, 1.165) is 13.8 Å². The van der Waals surface area contributed by atoms with Crippen LogP contribution >= 0.6 is 38.5 Å². The highest BCUT2D eigenvalue weighted by atomic mass is 127. The molecule has 1 rings (SSSR count). The lowest BCUT2D eigenvalue weighted by Crippen LogP contribution is -1.98. The predicted molar refractivity (Wildman–Crippen MR) is 73.5 cm³/mol. The largest absolute Gasteiger partial charge is 0.488 e. The van der Waals surface area contributed by atoms with Crippen LogP contribution in [0.25, 0.3) is 0 Å². The van der Waals surface area contributed by atoms with Crippen molar-refractivity contribution in [1.82, 2.24) is 0 Å². The van der Waals surface area contributed by atoms with Crippen molar-refractivity contribution in [2.24, 2.45) is 0 Å². The van der Waals surface area contributed by atoms with E-state index in [1.807, 2.05) is 18.2 Å². The third kappa shape index (κ3) is 4.52. The van der Waals surface area contributed by atoms with E-state index in [0.29, 0.717) is 6.61 Å². The summed E-state index contributed by atoms with van der Waals surface area (Å²) >= 11 is 5.56. The molecule has 1 aromatic rings. The molecule has 0 aliphatic carbocycles. The average molecular weight is 397 g/mol. The molecule has 0 saturated heterocycles. The van der Waals surface area contributed by atoms with Gasteiger partial charge in [0.1, 0.15) is 12.4 Å². The molecule has 0 radical (unpaired) electrons. The first kappa shape index (κ1) is 13.5. The van der Waals surface area contributed by atoms with Crippen LogP contribution < -0.4 is 4.74 Å². The van der Waals surface area contributed by atoms with Crippen molar-refractivity contribution in [2.45, 2.75) is 0 Å². The van der Waals surface area contributed by atoms with Crippen LogP contribution in [0.1, 0.15) is 0 Å². The highest BCUT2D eigenvalue weighted by Crippen LogP contribution is 2.24. The summed E-state index contributed by atoms with van der Waals surface area (Å²) in [6, 6.07) is 5.74. The van der Waals surface area contributed by atoms with E-state index < -0.39 is 0 Å². The van der Waals surface area contributed by atoms with Gasteiger partial charge in [0.05, 0.1) is 10.7 Å². The second kappa shape index (κ2) is 6.90. The number of hydrogen-bond donors (Lipinski definition) is 0. The molecule has 0 aliphatic rings. The van der Waals surface area contributed by atoms with E-state index >= 15 is 0 Å². The molecule has 3 nitrogen and oxygen atoms in total. The molecule has 0 aromatic heterocycles. The normalized spacial score (nSPS) is 10.4. The highest BCUT2D eigenvalue weighted by Gasteiger charge is 2.00. The second-order valence-corrected chi connectivity index (χ2v) is 4.89. The van der Waals surface area contributed by atoms with E-state index in [4.69, 9.17) is 4.74 Å². The maximum atomic E-state index is 10.8. The van der Waals surface area contributed by atoms with E-state index in [-0.39, 0.29) is 5.97 Å². The summed E-state index contributed by atoms with van der Waals surface area (Å²) < 4.78 is 11.9. The van der Waals surface area contributed by atoms with Gasteiger partial charge in [0.25, 0.3) is 0 Å². The summed E-state index contributed by atoms with van der Waals surface area (Å²) in [7, 11) is 1.34. The molecule has 0 heterocycles. The topological polar surface area (TPSA) is 35.5 Å². The average Bonchev–Trinajstić information content (AvgIpc) is 2.26. The number of esters is 1. The van der Waals surface area contributed by atoms with E-state index in [1.165, 1.54) is 13.2 Å². The fraction of sp³-hybridized carbons (Fsp3) is 0.182. The van der Waals surface area contributed by atoms with Gasteiger partial charge in [0.2, 0.25) is 0 Å². The summed E-state index contributed by atoms with van der Waals surface area (Å²) in [5, 5.41) is 0. The van der Waals surface area contributed by atoms with Gasteiger partial charge in [0.15, 0.2) is 0 Å². The van der Waals surface area contributed by atoms with Crippen LogP contribution in [0.4, 0.5) is 0 Å². The van der Waals surface area contributed by atoms with Gasteiger partial charge in [-0.1, -0.05) is 15.9 Å². The van der Waals surface area contributed by atoms with Gasteiger partial charge in [-0.3, -0.25) is 0 Å². The zero-order valence-corrected chi connectivity index (χ0v) is 12.3. The Labute approximate surface area is 116 Å². The number of hydrogen-bond acceptors (Lipinski definition) is 3. The lowest BCUT2D eigenvalue weighted by atomic mass is 10.3. The Hall–Kier alpha value is -0.560. The van der Waals surface area contributed by atoms with Crippen molar-refractivity contribution >= 4 is 44.5 Å². The lowest BCUT2D eigenvalue weighted by molar-refractivity contribution is -0.134. The van der Waals surface area contributed by atoms with Crippen LogP contribution in [-0.2, 0) is 9.53 Å². The number of rotatable bonds is 4. The van der Waals surface area contributed by atoms with Crippen LogP contribution in [0.3, 0.4) is 0 Å². The summed E-state index contributed by atoms with van der Waals surface area (Å²) in [6.45, 7) is 0.340. The maximum absolute atomic E-state index is 10.8. The van der Waals surface area contributed by atoms with E-state index in [2.05, 4.69) is 43.3 Å². The Bertz CT molecular complexity index is 404. The molecule has 0 atom stereocenters. The lowest BCUT2D eigenvalue weighted by Gasteiger charge is -2.05. The number of methoxy groups -OCH3 is 1. The fourth-order valence-electron chi connectivity index (χ4n) is 0.943. The molecule has 0 amide bonds. The van der Waals surface area contributed by atoms with Crippen LogP contribution in [0.15, 0.2) is 34.8 Å². The zero-order chi connectivity index (χ0) is 12.0. The molecular weight excluding hydrogens is 387 g/mol. The molecule has 0 aliphatic heterocycles. The Morgan fingerprint density at radius 3 is 2.94 bits per heavy atom. The molecule has 86 valence electrons. The second-order valence-electron chi connectivity index (χ2n) is 2.81. The van der Waals surface area contributed by atoms with Gasteiger partial charge in [-0.05, 0) is 46.9 Å². The molecule has 0 fully saturated rings. The molecule has 0 spiro atoms. The molecule has 16 heavy (non-hydrogen) atoms. The molecular formula is C11H10BrIO3. The first-order valence-corrected chi connectivity index (χ1v) is 6.33. The standard InChI is InChI=1S/C11H10BrIO3/c1-15-11(14)3-2-6-16-10-5-4-8(12)7-9(10)13/h2-5,7H,6H2,1H3/b3-2+. The van der Waals surface area contributed by atoms with Crippen LogP contribution in [0, 0.1) is 3.57 Å². The summed E-state index contributed by atoms with van der Waals surface area (Å²) in [4.78, 5) is 10.8. The Balaban J connectivity index is 2.49. The molecule has 0 N–H and O–H groups in total. The number of benzene rings is 1. The van der Waals surface area contributed by atoms with Crippen LogP contribution in [0.2, 0.25) is 0 Å². The minimum Gasteiger partial charge on any atom is -0.488 e. The highest BCUT2D eigenvalue weighted by molar-refractivity contribution is 14.1. The third-order valence-corrected chi connectivity index (χ3v) is 3.02. The number of carbonyl (C=O) groups is 1. The maximum Gasteiger partial charge on any atom is 0.330 e. The summed E-state index contributed by atoms with van der Waals surface area (Å²) in [6.07, 6.45) is 2.95. The Morgan fingerprint density at radius 1 is 1.56 bits per heavy atom. The van der Waals surface area contributed by atoms with Crippen molar-refractivity contribution in [1.29, 1.82) is 0 Å².